The van der Waals surface area contributed by atoms with Crippen molar-refractivity contribution >= 4 is 40.0 Å². The minimum Gasteiger partial charge on any atom is -0.493 e. The Morgan fingerprint density at radius 3 is 2.19 bits per heavy atom. The Morgan fingerprint density at radius 2 is 1.67 bits per heavy atom. The second-order valence-corrected chi connectivity index (χ2v) is 7.36. The van der Waals surface area contributed by atoms with Crippen LogP contribution >= 0.6 is 22.7 Å². The van der Waals surface area contributed by atoms with E-state index in [9.17, 15) is 4.79 Å². The zero-order valence-electron chi connectivity index (χ0n) is 15.3. The summed E-state index contributed by atoms with van der Waals surface area (Å²) in [5.41, 5.74) is 1.36. The van der Waals surface area contributed by atoms with Crippen LogP contribution in [0.2, 0.25) is 0 Å². The van der Waals surface area contributed by atoms with Crippen LogP contribution in [0.25, 0.3) is 9.75 Å². The van der Waals surface area contributed by atoms with Crippen LogP contribution in [0.1, 0.15) is 9.67 Å². The largest absolute Gasteiger partial charge is 0.493 e. The van der Waals surface area contributed by atoms with Crippen LogP contribution in [0.5, 0.6) is 17.2 Å². The molecule has 2 heterocycles. The predicted octanol–water partition coefficient (Wildman–Crippen LogP) is 5.03. The predicted molar refractivity (Wildman–Crippen MR) is 108 cm³/mol. The number of anilines is 2. The number of benzene rings is 1. The number of carbonyl (C=O) groups excluding carboxylic acids is 1. The van der Waals surface area contributed by atoms with Gasteiger partial charge in [-0.15, -0.1) is 22.7 Å². The third-order valence-electron chi connectivity index (χ3n) is 3.81. The zero-order valence-corrected chi connectivity index (χ0v) is 17.0. The van der Waals surface area contributed by atoms with E-state index in [0.29, 0.717) is 33.5 Å². The molecule has 0 aliphatic heterocycles. The molecule has 6 nitrogen and oxygen atoms in total. The summed E-state index contributed by atoms with van der Waals surface area (Å²) in [7, 11) is 6.03. The third-order valence-corrected chi connectivity index (χ3v) is 5.99. The van der Waals surface area contributed by atoms with Crippen LogP contribution in [0.4, 0.5) is 11.4 Å². The number of methoxy groups -OCH3 is 4. The zero-order chi connectivity index (χ0) is 19.4. The van der Waals surface area contributed by atoms with Crippen molar-refractivity contribution < 1.29 is 23.7 Å². The highest BCUT2D eigenvalue weighted by Crippen LogP contribution is 2.43. The Morgan fingerprint density at radius 1 is 0.963 bits per heavy atom. The fourth-order valence-corrected chi connectivity index (χ4v) is 4.43. The minimum absolute atomic E-state index is 0.391. The summed E-state index contributed by atoms with van der Waals surface area (Å²) < 4.78 is 21.1. The van der Waals surface area contributed by atoms with Gasteiger partial charge in [-0.3, -0.25) is 0 Å². The van der Waals surface area contributed by atoms with Crippen LogP contribution in [0.3, 0.4) is 0 Å². The van der Waals surface area contributed by atoms with Crippen molar-refractivity contribution in [2.45, 2.75) is 0 Å². The van der Waals surface area contributed by atoms with E-state index in [2.05, 4.69) is 5.32 Å². The molecule has 0 spiro atoms. The van der Waals surface area contributed by atoms with Gasteiger partial charge in [-0.25, -0.2) is 4.79 Å². The van der Waals surface area contributed by atoms with Crippen molar-refractivity contribution in [3.8, 4) is 27.0 Å². The van der Waals surface area contributed by atoms with Crippen molar-refractivity contribution in [3.05, 3.63) is 40.6 Å². The van der Waals surface area contributed by atoms with Crippen molar-refractivity contribution in [1.29, 1.82) is 0 Å². The minimum atomic E-state index is -0.391. The molecule has 3 aromatic rings. The van der Waals surface area contributed by atoms with Gasteiger partial charge in [0.2, 0.25) is 5.75 Å². The molecule has 0 amide bonds. The lowest BCUT2D eigenvalue weighted by Crippen LogP contribution is -2.03. The summed E-state index contributed by atoms with van der Waals surface area (Å²) in [6.07, 6.45) is 0. The smallest absolute Gasteiger partial charge is 0.350 e. The normalized spacial score (nSPS) is 10.4. The number of ether oxygens (including phenoxy) is 4. The number of rotatable bonds is 7. The monoisotopic (exact) mass is 405 g/mol. The van der Waals surface area contributed by atoms with Crippen LogP contribution in [-0.2, 0) is 4.74 Å². The lowest BCUT2D eigenvalue weighted by Gasteiger charge is -2.15. The molecule has 0 bridgehead atoms. The van der Waals surface area contributed by atoms with E-state index >= 15 is 0 Å². The quantitative estimate of drug-likeness (QED) is 0.556. The average molecular weight is 405 g/mol. The van der Waals surface area contributed by atoms with E-state index in [1.165, 1.54) is 18.4 Å². The lowest BCUT2D eigenvalue weighted by molar-refractivity contribution is 0.0607. The van der Waals surface area contributed by atoms with E-state index in [1.807, 2.05) is 23.6 Å². The van der Waals surface area contributed by atoms with Crippen LogP contribution in [-0.4, -0.2) is 34.4 Å². The van der Waals surface area contributed by atoms with Gasteiger partial charge in [-0.1, -0.05) is 6.07 Å². The molecular formula is C19H19NO5S2. The summed E-state index contributed by atoms with van der Waals surface area (Å²) in [6, 6.07) is 9.49. The number of esters is 1. The molecule has 1 aromatic carbocycles. The molecule has 0 radical (unpaired) electrons. The fraction of sp³-hybridized carbons (Fsp3) is 0.211. The van der Waals surface area contributed by atoms with Gasteiger partial charge in [0.25, 0.3) is 0 Å². The molecule has 27 heavy (non-hydrogen) atoms. The van der Waals surface area contributed by atoms with Gasteiger partial charge < -0.3 is 24.3 Å². The molecule has 0 saturated carbocycles. The summed E-state index contributed by atoms with van der Waals surface area (Å²) in [6.45, 7) is 0. The first-order chi connectivity index (χ1) is 13.1. The van der Waals surface area contributed by atoms with Gasteiger partial charge in [-0.05, 0) is 17.5 Å². The van der Waals surface area contributed by atoms with Gasteiger partial charge in [-0.2, -0.15) is 0 Å². The highest BCUT2D eigenvalue weighted by atomic mass is 32.1. The Kier molecular flexibility index (Phi) is 5.88. The second-order valence-electron chi connectivity index (χ2n) is 5.36. The lowest BCUT2D eigenvalue weighted by atomic mass is 10.2. The maximum atomic E-state index is 12.2. The summed E-state index contributed by atoms with van der Waals surface area (Å²) >= 11 is 3.00. The second kappa shape index (κ2) is 8.32. The molecule has 0 atom stereocenters. The standard InChI is InChI=1S/C19H19NO5S2/c1-22-13-8-11(9-14(23-2)17(13)24-3)20-12-10-16(15-6-5-7-26-15)27-18(12)19(21)25-4/h5-10,20H,1-4H3. The molecule has 8 heteroatoms. The maximum absolute atomic E-state index is 12.2. The molecule has 3 rings (SSSR count). The van der Waals surface area contributed by atoms with E-state index in [1.54, 1.807) is 44.8 Å². The SMILES string of the molecule is COC(=O)c1sc(-c2cccs2)cc1Nc1cc(OC)c(OC)c(OC)c1. The Balaban J connectivity index is 2.03. The molecule has 0 fully saturated rings. The van der Waals surface area contributed by atoms with Gasteiger partial charge in [0.1, 0.15) is 4.88 Å². The summed E-state index contributed by atoms with van der Waals surface area (Å²) in [5.74, 6) is 1.15. The third kappa shape index (κ3) is 3.86. The molecule has 0 unspecified atom stereocenters. The molecule has 0 saturated heterocycles. The van der Waals surface area contributed by atoms with Gasteiger partial charge in [0, 0.05) is 27.6 Å². The molecule has 0 aliphatic rings. The van der Waals surface area contributed by atoms with Gasteiger partial charge >= 0.3 is 5.97 Å². The average Bonchev–Trinajstić information content (AvgIpc) is 3.36. The van der Waals surface area contributed by atoms with Gasteiger partial charge in [0.05, 0.1) is 34.1 Å². The van der Waals surface area contributed by atoms with Crippen molar-refractivity contribution in [1.82, 2.24) is 0 Å². The number of carbonyl (C=O) groups is 1. The van der Waals surface area contributed by atoms with E-state index in [0.717, 1.165) is 9.75 Å². The fourth-order valence-electron chi connectivity index (χ4n) is 2.58. The van der Waals surface area contributed by atoms with Crippen LogP contribution in [0, 0.1) is 0 Å². The Labute approximate surface area is 165 Å². The number of hydrogen-bond donors (Lipinski definition) is 1. The molecular weight excluding hydrogens is 386 g/mol. The highest BCUT2D eigenvalue weighted by molar-refractivity contribution is 7.22. The summed E-state index contributed by atoms with van der Waals surface area (Å²) in [5, 5.41) is 5.27. The van der Waals surface area contributed by atoms with Crippen LogP contribution < -0.4 is 19.5 Å². The first-order valence-corrected chi connectivity index (χ1v) is 9.64. The maximum Gasteiger partial charge on any atom is 0.350 e. The van der Waals surface area contributed by atoms with Crippen molar-refractivity contribution in [2.75, 3.05) is 33.8 Å². The molecule has 0 aliphatic carbocycles. The first kappa shape index (κ1) is 19.1. The van der Waals surface area contributed by atoms with Crippen LogP contribution in [0.15, 0.2) is 35.7 Å². The van der Waals surface area contributed by atoms with E-state index in [4.69, 9.17) is 18.9 Å². The number of nitrogens with one attached hydrogen (secondary N) is 1. The molecule has 142 valence electrons. The van der Waals surface area contributed by atoms with E-state index < -0.39 is 5.97 Å². The highest BCUT2D eigenvalue weighted by Gasteiger charge is 2.20. The van der Waals surface area contributed by atoms with E-state index in [-0.39, 0.29) is 0 Å². The molecule has 1 N–H and O–H groups in total. The first-order valence-electron chi connectivity index (χ1n) is 7.94. The van der Waals surface area contributed by atoms with Gasteiger partial charge in [0.15, 0.2) is 11.5 Å². The Hall–Kier alpha value is -2.71. The van der Waals surface area contributed by atoms with Crippen molar-refractivity contribution in [2.24, 2.45) is 0 Å². The topological polar surface area (TPSA) is 66.0 Å². The Bertz CT molecular complexity index is 909. The molecule has 2 aromatic heterocycles. The summed E-state index contributed by atoms with van der Waals surface area (Å²) in [4.78, 5) is 14.8. The number of hydrogen-bond acceptors (Lipinski definition) is 8. The van der Waals surface area contributed by atoms with Crippen molar-refractivity contribution in [3.63, 3.8) is 0 Å². The number of thiophene rings is 2.